The lowest BCUT2D eigenvalue weighted by Gasteiger charge is -2.55. The molecule has 5 rings (SSSR count). The molecule has 0 radical (unpaired) electrons. The van der Waals surface area contributed by atoms with Crippen LogP contribution in [0.25, 0.3) is 0 Å². The zero-order valence-corrected chi connectivity index (χ0v) is 16.8. The molecule has 0 spiro atoms. The van der Waals surface area contributed by atoms with E-state index in [1.165, 1.54) is 19.3 Å². The number of hydrogen-bond donors (Lipinski definition) is 3. The van der Waals surface area contributed by atoms with Gasteiger partial charge < -0.3 is 16.0 Å². The van der Waals surface area contributed by atoms with E-state index in [1.54, 1.807) is 24.3 Å². The molecule has 4 aliphatic carbocycles. The van der Waals surface area contributed by atoms with E-state index in [0.29, 0.717) is 35.5 Å². The highest BCUT2D eigenvalue weighted by Gasteiger charge is 2.54. The highest BCUT2D eigenvalue weighted by Crippen LogP contribution is 2.60. The first-order valence-electron chi connectivity index (χ1n) is 10.1. The minimum absolute atomic E-state index is 0.0534. The van der Waals surface area contributed by atoms with E-state index < -0.39 is 0 Å². The average Bonchev–Trinajstić information content (AvgIpc) is 2.65. The summed E-state index contributed by atoms with van der Waals surface area (Å²) in [6.45, 7) is 4.00. The summed E-state index contributed by atoms with van der Waals surface area (Å²) in [7, 11) is 0. The summed E-state index contributed by atoms with van der Waals surface area (Å²) in [6.07, 6.45) is 8.49. The molecule has 0 saturated heterocycles. The van der Waals surface area contributed by atoms with Crippen LogP contribution in [0.4, 0.5) is 5.69 Å². The van der Waals surface area contributed by atoms with Crippen molar-refractivity contribution in [2.24, 2.45) is 23.2 Å². The molecule has 0 atom stereocenters. The number of nitrogens with one attached hydrogen (secondary N) is 3. The number of carbonyl (C=O) groups is 2. The molecular formula is C22H27N3O2S. The van der Waals surface area contributed by atoms with E-state index >= 15 is 0 Å². The van der Waals surface area contributed by atoms with Crippen molar-refractivity contribution in [3.8, 4) is 0 Å². The van der Waals surface area contributed by atoms with Crippen LogP contribution < -0.4 is 16.0 Å². The van der Waals surface area contributed by atoms with Crippen molar-refractivity contribution in [2.45, 2.75) is 38.5 Å². The molecule has 6 heteroatoms. The predicted molar refractivity (Wildman–Crippen MR) is 114 cm³/mol. The van der Waals surface area contributed by atoms with Gasteiger partial charge in [-0.05, 0) is 80.6 Å². The van der Waals surface area contributed by atoms with Crippen molar-refractivity contribution < 1.29 is 9.59 Å². The van der Waals surface area contributed by atoms with Crippen LogP contribution in [0.1, 0.15) is 48.9 Å². The van der Waals surface area contributed by atoms with Gasteiger partial charge in [0, 0.05) is 6.54 Å². The van der Waals surface area contributed by atoms with Crippen LogP contribution in [0.15, 0.2) is 36.9 Å². The number of benzene rings is 1. The van der Waals surface area contributed by atoms with E-state index in [0.717, 1.165) is 19.3 Å². The standard InChI is InChI=1S/C22H27N3O2S/c1-2-7-23-19(26)17-5-3-4-6-18(17)24-21(28)25-20(27)22-11-14-8-15(12-22)10-16(9-14)13-22/h2-6,14-16H,1,7-13H2,(H,23,26)(H2,24,25,27,28). The number of para-hydroxylation sites is 1. The van der Waals surface area contributed by atoms with Gasteiger partial charge in [-0.15, -0.1) is 6.58 Å². The maximum Gasteiger partial charge on any atom is 0.253 e. The molecule has 0 unspecified atom stereocenters. The molecule has 5 nitrogen and oxygen atoms in total. The number of rotatable bonds is 5. The summed E-state index contributed by atoms with van der Waals surface area (Å²) in [6, 6.07) is 7.14. The SMILES string of the molecule is C=CCNC(=O)c1ccccc1NC(=S)NC(=O)C12CC3CC(CC(C3)C1)C2. The topological polar surface area (TPSA) is 70.2 Å². The zero-order valence-electron chi connectivity index (χ0n) is 16.0. The van der Waals surface area contributed by atoms with Crippen molar-refractivity contribution in [3.05, 3.63) is 42.5 Å². The Hall–Kier alpha value is -2.21. The predicted octanol–water partition coefficient (Wildman–Crippen LogP) is 3.63. The molecule has 4 aliphatic rings. The lowest BCUT2D eigenvalue weighted by Crippen LogP contribution is -2.55. The van der Waals surface area contributed by atoms with Gasteiger partial charge in [-0.3, -0.25) is 9.59 Å². The fourth-order valence-corrected chi connectivity index (χ4v) is 6.03. The third-order valence-electron chi connectivity index (χ3n) is 6.57. The zero-order chi connectivity index (χ0) is 19.7. The van der Waals surface area contributed by atoms with Crippen LogP contribution in [-0.2, 0) is 4.79 Å². The van der Waals surface area contributed by atoms with Crippen molar-refractivity contribution in [1.29, 1.82) is 0 Å². The third-order valence-corrected chi connectivity index (χ3v) is 6.78. The summed E-state index contributed by atoms with van der Waals surface area (Å²) in [5.41, 5.74) is 0.817. The number of amides is 2. The maximum atomic E-state index is 13.1. The van der Waals surface area contributed by atoms with Gasteiger partial charge in [0.25, 0.3) is 5.91 Å². The Balaban J connectivity index is 1.42. The van der Waals surface area contributed by atoms with Crippen molar-refractivity contribution in [2.75, 3.05) is 11.9 Å². The quantitative estimate of drug-likeness (QED) is 0.524. The first-order valence-corrected chi connectivity index (χ1v) is 10.5. The maximum absolute atomic E-state index is 13.1. The smallest absolute Gasteiger partial charge is 0.253 e. The van der Waals surface area contributed by atoms with E-state index in [1.807, 2.05) is 6.07 Å². The fraction of sp³-hybridized carbons (Fsp3) is 0.500. The van der Waals surface area contributed by atoms with Gasteiger partial charge in [-0.1, -0.05) is 18.2 Å². The van der Waals surface area contributed by atoms with E-state index in [2.05, 4.69) is 22.5 Å². The minimum atomic E-state index is -0.249. The molecule has 4 bridgehead atoms. The molecule has 148 valence electrons. The first-order chi connectivity index (χ1) is 13.5. The van der Waals surface area contributed by atoms with Gasteiger partial charge in [-0.2, -0.15) is 0 Å². The molecule has 1 aromatic rings. The van der Waals surface area contributed by atoms with Crippen molar-refractivity contribution in [3.63, 3.8) is 0 Å². The Morgan fingerprint density at radius 1 is 1.11 bits per heavy atom. The number of anilines is 1. The van der Waals surface area contributed by atoms with Gasteiger partial charge in [0.1, 0.15) is 0 Å². The molecule has 0 aromatic heterocycles. The summed E-state index contributed by atoms with van der Waals surface area (Å²) in [4.78, 5) is 25.5. The second-order valence-electron chi connectivity index (χ2n) is 8.65. The van der Waals surface area contributed by atoms with Gasteiger partial charge in [0.15, 0.2) is 5.11 Å². The van der Waals surface area contributed by atoms with E-state index in [4.69, 9.17) is 12.2 Å². The lowest BCUT2D eigenvalue weighted by atomic mass is 9.49. The Bertz CT molecular complexity index is 784. The normalized spacial score (nSPS) is 29.8. The van der Waals surface area contributed by atoms with Crippen LogP contribution in [0.5, 0.6) is 0 Å². The van der Waals surface area contributed by atoms with Crippen LogP contribution >= 0.6 is 12.2 Å². The lowest BCUT2D eigenvalue weighted by molar-refractivity contribution is -0.144. The molecule has 28 heavy (non-hydrogen) atoms. The number of carbonyl (C=O) groups excluding carboxylic acids is 2. The monoisotopic (exact) mass is 397 g/mol. The fourth-order valence-electron chi connectivity index (χ4n) is 5.83. The molecule has 1 aromatic carbocycles. The van der Waals surface area contributed by atoms with Crippen LogP contribution in [0.3, 0.4) is 0 Å². The second kappa shape index (κ2) is 7.66. The molecular weight excluding hydrogens is 370 g/mol. The second-order valence-corrected chi connectivity index (χ2v) is 9.06. The van der Waals surface area contributed by atoms with Gasteiger partial charge >= 0.3 is 0 Å². The van der Waals surface area contributed by atoms with Crippen LogP contribution in [0, 0.1) is 23.2 Å². The molecule has 3 N–H and O–H groups in total. The molecule has 4 saturated carbocycles. The molecule has 0 heterocycles. The summed E-state index contributed by atoms with van der Waals surface area (Å²) in [5, 5.41) is 8.99. The first kappa shape index (κ1) is 19.1. The number of thiocarbonyl (C=S) groups is 1. The minimum Gasteiger partial charge on any atom is -0.349 e. The highest BCUT2D eigenvalue weighted by molar-refractivity contribution is 7.80. The highest BCUT2D eigenvalue weighted by atomic mass is 32.1. The van der Waals surface area contributed by atoms with Gasteiger partial charge in [0.05, 0.1) is 16.7 Å². The summed E-state index contributed by atoms with van der Waals surface area (Å²) < 4.78 is 0. The van der Waals surface area contributed by atoms with Gasteiger partial charge in [0.2, 0.25) is 5.91 Å². The Morgan fingerprint density at radius 3 is 2.32 bits per heavy atom. The summed E-state index contributed by atoms with van der Waals surface area (Å²) in [5.74, 6) is 1.95. The van der Waals surface area contributed by atoms with Crippen LogP contribution in [-0.4, -0.2) is 23.5 Å². The largest absolute Gasteiger partial charge is 0.349 e. The molecule has 0 aliphatic heterocycles. The van der Waals surface area contributed by atoms with E-state index in [-0.39, 0.29) is 22.3 Å². The molecule has 2 amide bonds. The Kier molecular flexibility index (Phi) is 5.23. The third kappa shape index (κ3) is 3.70. The van der Waals surface area contributed by atoms with Gasteiger partial charge in [-0.25, -0.2) is 0 Å². The van der Waals surface area contributed by atoms with Crippen LogP contribution in [0.2, 0.25) is 0 Å². The van der Waals surface area contributed by atoms with E-state index in [9.17, 15) is 9.59 Å². The summed E-state index contributed by atoms with van der Waals surface area (Å²) >= 11 is 5.41. The Morgan fingerprint density at radius 2 is 1.71 bits per heavy atom. The Labute approximate surface area is 171 Å². The van der Waals surface area contributed by atoms with Crippen molar-refractivity contribution in [1.82, 2.24) is 10.6 Å². The number of hydrogen-bond acceptors (Lipinski definition) is 3. The average molecular weight is 398 g/mol. The van der Waals surface area contributed by atoms with Crippen molar-refractivity contribution >= 4 is 34.8 Å². The molecule has 4 fully saturated rings.